The van der Waals surface area contributed by atoms with Crippen molar-refractivity contribution in [2.75, 3.05) is 27.5 Å². The Morgan fingerprint density at radius 3 is 2.78 bits per heavy atom. The van der Waals surface area contributed by atoms with E-state index >= 15 is 0 Å². The van der Waals surface area contributed by atoms with E-state index in [0.29, 0.717) is 40.3 Å². The number of para-hydroxylation sites is 1. The molecule has 3 aromatic rings. The summed E-state index contributed by atoms with van der Waals surface area (Å²) in [5.74, 6) is -0.318. The Morgan fingerprint density at radius 1 is 1.25 bits per heavy atom. The standard InChI is InChI=1S/C22H20FN3O6/c1-25-8-7-11-9-14-18(32-10-31-14)19(30-2)15(11)17(25)16-20(27)24-22(29)26(21(16)28)13-6-4-3-5-12(13)23/h3-6,9,17,28H,7-8,10H2,1-2H3,(H,24,27,29). The first-order valence-corrected chi connectivity index (χ1v) is 10.0. The van der Waals surface area contributed by atoms with Crippen LogP contribution in [0.2, 0.25) is 0 Å². The van der Waals surface area contributed by atoms with Crippen molar-refractivity contribution in [1.82, 2.24) is 9.55 Å². The lowest BCUT2D eigenvalue weighted by Crippen LogP contribution is -3.10. The fourth-order valence-corrected chi connectivity index (χ4v) is 4.55. The first-order chi connectivity index (χ1) is 15.4. The molecule has 0 bridgehead atoms. The Kier molecular flexibility index (Phi) is 4.66. The summed E-state index contributed by atoms with van der Waals surface area (Å²) >= 11 is 0. The molecule has 166 valence electrons. The van der Waals surface area contributed by atoms with E-state index in [4.69, 9.17) is 14.2 Å². The molecule has 0 amide bonds. The molecule has 2 aliphatic heterocycles. The fraction of sp³-hybridized carbons (Fsp3) is 0.273. The van der Waals surface area contributed by atoms with Gasteiger partial charge in [0.25, 0.3) is 5.56 Å². The van der Waals surface area contributed by atoms with Gasteiger partial charge in [-0.1, -0.05) is 12.1 Å². The number of hydrogen-bond acceptors (Lipinski definition) is 6. The summed E-state index contributed by atoms with van der Waals surface area (Å²) in [6.45, 7) is 0.645. The van der Waals surface area contributed by atoms with Gasteiger partial charge in [0.1, 0.15) is 11.9 Å². The average molecular weight is 441 g/mol. The van der Waals surface area contributed by atoms with Gasteiger partial charge < -0.3 is 24.2 Å². The maximum Gasteiger partial charge on any atom is 0.332 e. The molecular weight excluding hydrogens is 421 g/mol. The molecule has 0 saturated carbocycles. The third kappa shape index (κ3) is 2.87. The minimum absolute atomic E-state index is 0.0352. The lowest BCUT2D eigenvalue weighted by Gasteiger charge is -2.35. The summed E-state index contributed by atoms with van der Waals surface area (Å²) in [7, 11) is 3.32. The van der Waals surface area contributed by atoms with E-state index in [1.54, 1.807) is 0 Å². The summed E-state index contributed by atoms with van der Waals surface area (Å²) in [6, 6.07) is 6.46. The van der Waals surface area contributed by atoms with Crippen molar-refractivity contribution in [1.29, 1.82) is 0 Å². The lowest BCUT2D eigenvalue weighted by molar-refractivity contribution is -0.908. The van der Waals surface area contributed by atoms with Crippen LogP contribution in [0.1, 0.15) is 22.7 Å². The van der Waals surface area contributed by atoms with Crippen LogP contribution in [0.25, 0.3) is 5.69 Å². The SMILES string of the molecule is COc1c2c(cc3c1C(c1c([O-])n(-c4ccccc4F)c(=O)[nH]c1=O)[NH+](C)CC3)OCO2. The largest absolute Gasteiger partial charge is 0.859 e. The molecule has 2 atom stereocenters. The van der Waals surface area contributed by atoms with E-state index < -0.39 is 29.0 Å². The molecule has 0 radical (unpaired) electrons. The number of nitrogens with zero attached hydrogens (tertiary/aromatic N) is 1. The molecule has 32 heavy (non-hydrogen) atoms. The smallest absolute Gasteiger partial charge is 0.332 e. The topological polar surface area (TPSA) is 110 Å². The number of halogens is 1. The summed E-state index contributed by atoms with van der Waals surface area (Å²) in [4.78, 5) is 28.5. The summed E-state index contributed by atoms with van der Waals surface area (Å²) in [5, 5.41) is 13.5. The first-order valence-electron chi connectivity index (χ1n) is 10.0. The number of aromatic nitrogens is 2. The highest BCUT2D eigenvalue weighted by Gasteiger charge is 2.39. The van der Waals surface area contributed by atoms with Crippen molar-refractivity contribution in [3.63, 3.8) is 0 Å². The van der Waals surface area contributed by atoms with Gasteiger partial charge in [-0.25, -0.2) is 9.18 Å². The van der Waals surface area contributed by atoms with Crippen LogP contribution in [0.5, 0.6) is 23.1 Å². The number of likely N-dealkylation sites (N-methyl/N-ethyl adjacent to an activating group) is 1. The molecule has 9 nitrogen and oxygen atoms in total. The zero-order valence-electron chi connectivity index (χ0n) is 17.4. The van der Waals surface area contributed by atoms with Gasteiger partial charge in [-0.3, -0.25) is 14.3 Å². The molecule has 10 heteroatoms. The predicted octanol–water partition coefficient (Wildman–Crippen LogP) is -0.364. The zero-order chi connectivity index (χ0) is 22.6. The molecule has 2 N–H and O–H groups in total. The van der Waals surface area contributed by atoms with Crippen LogP contribution in [0.3, 0.4) is 0 Å². The fourth-order valence-electron chi connectivity index (χ4n) is 4.55. The van der Waals surface area contributed by atoms with Gasteiger partial charge in [0.15, 0.2) is 11.5 Å². The average Bonchev–Trinajstić information content (AvgIpc) is 3.23. The van der Waals surface area contributed by atoms with Gasteiger partial charge >= 0.3 is 5.69 Å². The van der Waals surface area contributed by atoms with Crippen molar-refractivity contribution in [2.24, 2.45) is 0 Å². The van der Waals surface area contributed by atoms with Crippen molar-refractivity contribution in [3.8, 4) is 28.8 Å². The highest BCUT2D eigenvalue weighted by Crippen LogP contribution is 2.48. The number of hydrogen-bond donors (Lipinski definition) is 2. The van der Waals surface area contributed by atoms with E-state index in [9.17, 15) is 19.1 Å². The van der Waals surface area contributed by atoms with E-state index in [1.807, 2.05) is 13.1 Å². The Bertz CT molecular complexity index is 1350. The number of quaternary nitrogens is 1. The Labute approximate surface area is 181 Å². The third-order valence-corrected chi connectivity index (χ3v) is 6.00. The third-order valence-electron chi connectivity index (χ3n) is 6.00. The molecule has 3 heterocycles. The van der Waals surface area contributed by atoms with E-state index in [2.05, 4.69) is 4.98 Å². The molecule has 2 aromatic carbocycles. The van der Waals surface area contributed by atoms with Crippen LogP contribution in [0.4, 0.5) is 4.39 Å². The zero-order valence-corrected chi connectivity index (χ0v) is 17.4. The number of rotatable bonds is 3. The van der Waals surface area contributed by atoms with Gasteiger partial charge in [0.05, 0.1) is 37.5 Å². The van der Waals surface area contributed by atoms with Crippen LogP contribution < -0.4 is 35.5 Å². The second-order valence-corrected chi connectivity index (χ2v) is 7.76. The minimum atomic E-state index is -1.000. The van der Waals surface area contributed by atoms with Crippen molar-refractivity contribution in [3.05, 3.63) is 73.7 Å². The molecule has 5 rings (SSSR count). The molecule has 2 unspecified atom stereocenters. The predicted molar refractivity (Wildman–Crippen MR) is 108 cm³/mol. The van der Waals surface area contributed by atoms with Crippen LogP contribution in [0, 0.1) is 5.82 Å². The Morgan fingerprint density at radius 2 is 2.03 bits per heavy atom. The molecule has 0 spiro atoms. The molecule has 2 aliphatic rings. The van der Waals surface area contributed by atoms with Crippen LogP contribution in [-0.4, -0.2) is 37.0 Å². The molecule has 0 fully saturated rings. The number of H-pyrrole nitrogens is 1. The van der Waals surface area contributed by atoms with E-state index in [0.717, 1.165) is 16.5 Å². The van der Waals surface area contributed by atoms with Crippen LogP contribution in [-0.2, 0) is 6.42 Å². The normalized spacial score (nSPS) is 19.0. The number of benzene rings is 2. The summed E-state index contributed by atoms with van der Waals surface area (Å²) in [5.41, 5.74) is -0.759. The monoisotopic (exact) mass is 441 g/mol. The van der Waals surface area contributed by atoms with Crippen LogP contribution in [0.15, 0.2) is 39.9 Å². The number of methoxy groups -OCH3 is 1. The summed E-state index contributed by atoms with van der Waals surface area (Å²) in [6.07, 6.45) is 0.656. The summed E-state index contributed by atoms with van der Waals surface area (Å²) < 4.78 is 31.8. The Balaban J connectivity index is 1.81. The number of fused-ring (bicyclic) bond motifs is 2. The van der Waals surface area contributed by atoms with Crippen LogP contribution >= 0.6 is 0 Å². The number of ether oxygens (including phenoxy) is 3. The molecular formula is C22H20FN3O6. The lowest BCUT2D eigenvalue weighted by atomic mass is 9.87. The van der Waals surface area contributed by atoms with Gasteiger partial charge in [0.2, 0.25) is 12.5 Å². The second kappa shape index (κ2) is 7.41. The van der Waals surface area contributed by atoms with Crippen molar-refractivity contribution < 1.29 is 28.6 Å². The molecule has 1 aromatic heterocycles. The van der Waals surface area contributed by atoms with Gasteiger partial charge in [-0.15, -0.1) is 0 Å². The Hall–Kier alpha value is -3.79. The molecule has 0 saturated heterocycles. The minimum Gasteiger partial charge on any atom is -0.859 e. The quantitative estimate of drug-likeness (QED) is 0.574. The maximum atomic E-state index is 14.4. The molecule has 0 aliphatic carbocycles. The van der Waals surface area contributed by atoms with Gasteiger partial charge in [-0.2, -0.15) is 0 Å². The highest BCUT2D eigenvalue weighted by molar-refractivity contribution is 5.62. The second-order valence-electron chi connectivity index (χ2n) is 7.76. The van der Waals surface area contributed by atoms with E-state index in [1.165, 1.54) is 25.3 Å². The van der Waals surface area contributed by atoms with Crippen molar-refractivity contribution >= 4 is 0 Å². The first kappa shape index (κ1) is 20.1. The maximum absolute atomic E-state index is 14.4. The number of aromatic amines is 1. The highest BCUT2D eigenvalue weighted by atomic mass is 19.1. The number of nitrogens with one attached hydrogen (secondary N) is 2. The van der Waals surface area contributed by atoms with Crippen molar-refractivity contribution in [2.45, 2.75) is 12.5 Å². The van der Waals surface area contributed by atoms with E-state index in [-0.39, 0.29) is 18.0 Å². The van der Waals surface area contributed by atoms with Gasteiger partial charge in [-0.05, 0) is 29.6 Å². The van der Waals surface area contributed by atoms with Gasteiger partial charge in [0, 0.05) is 6.42 Å².